The van der Waals surface area contributed by atoms with Crippen LogP contribution in [0.25, 0.3) is 0 Å². The maximum absolute atomic E-state index is 12.5. The first-order chi connectivity index (χ1) is 13.9. The molecule has 1 atom stereocenters. The first kappa shape index (κ1) is 21.7. The Morgan fingerprint density at radius 2 is 1.90 bits per heavy atom. The van der Waals surface area contributed by atoms with Crippen LogP contribution in [0, 0.1) is 13.8 Å². The first-order valence-electron chi connectivity index (χ1n) is 10.5. The number of likely N-dealkylation sites (N-methyl/N-ethyl adjacent to an activating group) is 1. The number of nitrogens with zero attached hydrogens (tertiary/aromatic N) is 4. The summed E-state index contributed by atoms with van der Waals surface area (Å²) in [5.74, 6) is 1.39. The molecule has 3 rings (SSSR count). The molecule has 2 aromatic rings. The fourth-order valence-corrected chi connectivity index (χ4v) is 4.34. The van der Waals surface area contributed by atoms with E-state index >= 15 is 0 Å². The summed E-state index contributed by atoms with van der Waals surface area (Å²) in [6.45, 7) is 12.4. The predicted octanol–water partition coefficient (Wildman–Crippen LogP) is 4.15. The lowest BCUT2D eigenvalue weighted by molar-refractivity contribution is -0.130. The molecule has 1 amide bonds. The van der Waals surface area contributed by atoms with Gasteiger partial charge in [-0.05, 0) is 58.4 Å². The number of rotatable bonds is 7. The summed E-state index contributed by atoms with van der Waals surface area (Å²) in [6.07, 6.45) is 1.43. The highest BCUT2D eigenvalue weighted by Crippen LogP contribution is 2.27. The molecule has 0 saturated carbocycles. The third-order valence-corrected chi connectivity index (χ3v) is 6.05. The van der Waals surface area contributed by atoms with Crippen LogP contribution in [0.2, 0.25) is 5.02 Å². The fourth-order valence-electron chi connectivity index (χ4n) is 4.12. The summed E-state index contributed by atoms with van der Waals surface area (Å²) in [5, 5.41) is 0.780. The highest BCUT2D eigenvalue weighted by Gasteiger charge is 2.27. The average molecular weight is 415 g/mol. The van der Waals surface area contributed by atoms with Crippen molar-refractivity contribution in [2.75, 3.05) is 26.2 Å². The number of amides is 1. The molecule has 0 spiro atoms. The number of likely N-dealkylation sites (tertiary alicyclic amines) is 1. The quantitative estimate of drug-likeness (QED) is 0.682. The molecule has 0 radical (unpaired) electrons. The predicted molar refractivity (Wildman–Crippen MR) is 117 cm³/mol. The van der Waals surface area contributed by atoms with E-state index in [0.717, 1.165) is 66.9 Å². The molecule has 1 fully saturated rings. The van der Waals surface area contributed by atoms with Gasteiger partial charge in [0.15, 0.2) is 0 Å². The number of benzene rings is 1. The number of carbonyl (C=O) groups is 1. The molecule has 1 aromatic carbocycles. The van der Waals surface area contributed by atoms with Crippen LogP contribution < -0.4 is 0 Å². The van der Waals surface area contributed by atoms with Crippen molar-refractivity contribution in [3.05, 3.63) is 57.6 Å². The van der Waals surface area contributed by atoms with Gasteiger partial charge in [-0.15, -0.1) is 0 Å². The zero-order valence-corrected chi connectivity index (χ0v) is 18.7. The third-order valence-electron chi connectivity index (χ3n) is 5.81. The molecule has 29 heavy (non-hydrogen) atoms. The molecule has 1 aliphatic rings. The first-order valence-corrected chi connectivity index (χ1v) is 10.9. The smallest absolute Gasteiger partial charge is 0.227 e. The van der Waals surface area contributed by atoms with Crippen LogP contribution in [0.3, 0.4) is 0 Å². The monoisotopic (exact) mass is 414 g/mol. The van der Waals surface area contributed by atoms with Crippen molar-refractivity contribution in [3.63, 3.8) is 0 Å². The zero-order valence-electron chi connectivity index (χ0n) is 17.9. The Bertz CT molecular complexity index is 843. The molecule has 0 unspecified atom stereocenters. The second-order valence-electron chi connectivity index (χ2n) is 7.82. The highest BCUT2D eigenvalue weighted by molar-refractivity contribution is 6.30. The van der Waals surface area contributed by atoms with E-state index in [1.54, 1.807) is 0 Å². The number of hydrogen-bond donors (Lipinski definition) is 0. The minimum absolute atomic E-state index is 0.145. The van der Waals surface area contributed by atoms with Gasteiger partial charge >= 0.3 is 0 Å². The molecule has 1 saturated heterocycles. The molecule has 1 aromatic heterocycles. The normalized spacial score (nSPS) is 16.9. The van der Waals surface area contributed by atoms with Gasteiger partial charge in [-0.1, -0.05) is 23.7 Å². The molecule has 0 N–H and O–H groups in total. The van der Waals surface area contributed by atoms with E-state index in [9.17, 15) is 4.79 Å². The summed E-state index contributed by atoms with van der Waals surface area (Å²) in [5.41, 5.74) is 4.07. The van der Waals surface area contributed by atoms with Gasteiger partial charge in [0.05, 0.1) is 6.42 Å². The van der Waals surface area contributed by atoms with E-state index in [4.69, 9.17) is 21.6 Å². The topological polar surface area (TPSA) is 49.3 Å². The fraction of sp³-hybridized carbons (Fsp3) is 0.522. The van der Waals surface area contributed by atoms with Gasteiger partial charge in [0.1, 0.15) is 5.82 Å². The van der Waals surface area contributed by atoms with Gasteiger partial charge in [0.25, 0.3) is 0 Å². The van der Waals surface area contributed by atoms with Crippen LogP contribution in [0.5, 0.6) is 0 Å². The van der Waals surface area contributed by atoms with Crippen LogP contribution in [-0.4, -0.2) is 51.9 Å². The van der Waals surface area contributed by atoms with E-state index in [1.807, 2.05) is 50.8 Å². The lowest BCUT2D eigenvalue weighted by Gasteiger charge is -2.20. The molecule has 0 bridgehead atoms. The number of carbonyl (C=O) groups excluding carboxylic acids is 1. The number of aryl methyl sites for hydroxylation is 2. The van der Waals surface area contributed by atoms with Gasteiger partial charge in [-0.2, -0.15) is 0 Å². The standard InChI is InChI=1S/C23H31ClN4O/c1-5-28(6-2)22(29)13-21-16(3)25-23(26-17(21)4)19-10-11-27(15-19)14-18-8-7-9-20(24)12-18/h7-9,12,19H,5-6,10-11,13-15H2,1-4H3/t19-/m0/s1. The molecule has 6 heteroatoms. The number of halogens is 1. The van der Waals surface area contributed by atoms with Gasteiger partial charge in [0, 0.05) is 54.1 Å². The lowest BCUT2D eigenvalue weighted by Crippen LogP contribution is -2.32. The second-order valence-corrected chi connectivity index (χ2v) is 8.26. The van der Waals surface area contributed by atoms with Crippen molar-refractivity contribution >= 4 is 17.5 Å². The van der Waals surface area contributed by atoms with Crippen molar-refractivity contribution in [2.24, 2.45) is 0 Å². The molecule has 1 aliphatic heterocycles. The Labute approximate surface area is 179 Å². The number of hydrogen-bond acceptors (Lipinski definition) is 4. The zero-order chi connectivity index (χ0) is 21.0. The van der Waals surface area contributed by atoms with E-state index in [2.05, 4.69) is 11.0 Å². The van der Waals surface area contributed by atoms with Crippen molar-refractivity contribution in [1.29, 1.82) is 0 Å². The summed E-state index contributed by atoms with van der Waals surface area (Å²) in [7, 11) is 0. The second kappa shape index (κ2) is 9.68. The van der Waals surface area contributed by atoms with Crippen LogP contribution >= 0.6 is 11.6 Å². The number of aromatic nitrogens is 2. The Kier molecular flexibility index (Phi) is 7.25. The summed E-state index contributed by atoms with van der Waals surface area (Å²) in [6, 6.07) is 8.05. The summed E-state index contributed by atoms with van der Waals surface area (Å²) >= 11 is 6.11. The van der Waals surface area contributed by atoms with Crippen LogP contribution in [0.1, 0.15) is 54.5 Å². The van der Waals surface area contributed by atoms with Crippen LogP contribution in [0.15, 0.2) is 24.3 Å². The maximum Gasteiger partial charge on any atom is 0.227 e. The summed E-state index contributed by atoms with van der Waals surface area (Å²) < 4.78 is 0. The van der Waals surface area contributed by atoms with Crippen molar-refractivity contribution in [2.45, 2.75) is 53.0 Å². The van der Waals surface area contributed by atoms with E-state index < -0.39 is 0 Å². The Morgan fingerprint density at radius 3 is 2.52 bits per heavy atom. The van der Waals surface area contributed by atoms with Crippen molar-refractivity contribution < 1.29 is 4.79 Å². The molecule has 5 nitrogen and oxygen atoms in total. The third kappa shape index (κ3) is 5.34. The molecule has 2 heterocycles. The minimum Gasteiger partial charge on any atom is -0.343 e. The Balaban J connectivity index is 1.68. The van der Waals surface area contributed by atoms with E-state index in [-0.39, 0.29) is 5.91 Å². The maximum atomic E-state index is 12.5. The molecule has 156 valence electrons. The van der Waals surface area contributed by atoms with Gasteiger partial charge < -0.3 is 4.90 Å². The lowest BCUT2D eigenvalue weighted by atomic mass is 10.0. The average Bonchev–Trinajstić information content (AvgIpc) is 3.14. The Morgan fingerprint density at radius 1 is 1.21 bits per heavy atom. The van der Waals surface area contributed by atoms with E-state index in [0.29, 0.717) is 12.3 Å². The Hall–Kier alpha value is -1.98. The van der Waals surface area contributed by atoms with Crippen LogP contribution in [0.4, 0.5) is 0 Å². The molecular weight excluding hydrogens is 384 g/mol. The van der Waals surface area contributed by atoms with Crippen molar-refractivity contribution in [3.8, 4) is 0 Å². The van der Waals surface area contributed by atoms with E-state index in [1.165, 1.54) is 5.56 Å². The van der Waals surface area contributed by atoms with Gasteiger partial charge in [-0.3, -0.25) is 9.69 Å². The van der Waals surface area contributed by atoms with Crippen LogP contribution in [-0.2, 0) is 17.8 Å². The summed E-state index contributed by atoms with van der Waals surface area (Å²) in [4.78, 5) is 26.4. The largest absolute Gasteiger partial charge is 0.343 e. The highest BCUT2D eigenvalue weighted by atomic mass is 35.5. The van der Waals surface area contributed by atoms with Gasteiger partial charge in [0.2, 0.25) is 5.91 Å². The SMILES string of the molecule is CCN(CC)C(=O)Cc1c(C)nc([C@H]2CCN(Cc3cccc(Cl)c3)C2)nc1C. The van der Waals surface area contributed by atoms with Crippen molar-refractivity contribution in [1.82, 2.24) is 19.8 Å². The molecule has 0 aliphatic carbocycles. The molecular formula is C23H31ClN4O. The van der Waals surface area contributed by atoms with Gasteiger partial charge in [-0.25, -0.2) is 9.97 Å². The minimum atomic E-state index is 0.145.